The summed E-state index contributed by atoms with van der Waals surface area (Å²) in [6, 6.07) is 8.25. The molecule has 1 atom stereocenters. The van der Waals surface area contributed by atoms with Crippen molar-refractivity contribution in [1.29, 1.82) is 0 Å². The number of aliphatic hydroxyl groups excluding tert-OH is 1. The van der Waals surface area contributed by atoms with Crippen LogP contribution >= 0.6 is 0 Å². The lowest BCUT2D eigenvalue weighted by molar-refractivity contribution is 0.245. The van der Waals surface area contributed by atoms with Crippen LogP contribution in [0.25, 0.3) is 5.69 Å². The van der Waals surface area contributed by atoms with Crippen LogP contribution in [0.2, 0.25) is 0 Å². The summed E-state index contributed by atoms with van der Waals surface area (Å²) in [5, 5.41) is 20.5. The number of hydrogen-bond acceptors (Lipinski definition) is 3. The molecule has 1 aromatic heterocycles. The van der Waals surface area contributed by atoms with Crippen molar-refractivity contribution in [3.8, 4) is 5.69 Å². The van der Waals surface area contributed by atoms with Crippen molar-refractivity contribution in [2.24, 2.45) is 16.8 Å². The van der Waals surface area contributed by atoms with Gasteiger partial charge >= 0.3 is 0 Å². The minimum Gasteiger partial charge on any atom is -0.396 e. The summed E-state index contributed by atoms with van der Waals surface area (Å²) in [6.07, 6.45) is 4.48. The van der Waals surface area contributed by atoms with E-state index < -0.39 is 0 Å². The summed E-state index contributed by atoms with van der Waals surface area (Å²) in [5.41, 5.74) is 1.79. The fourth-order valence-corrected chi connectivity index (χ4v) is 3.24. The van der Waals surface area contributed by atoms with E-state index in [1.165, 1.54) is 12.1 Å². The Hall–Kier alpha value is -2.41. The lowest BCUT2D eigenvalue weighted by Gasteiger charge is -2.17. The number of hydrogen-bond donors (Lipinski definition) is 3. The number of guanidine groups is 1. The number of nitrogens with zero attached hydrogens (tertiary/aromatic N) is 3. The van der Waals surface area contributed by atoms with Crippen molar-refractivity contribution < 1.29 is 9.50 Å². The molecule has 0 aliphatic rings. The first-order valence-corrected chi connectivity index (χ1v) is 10.4. The third kappa shape index (κ3) is 8.23. The Balaban J connectivity index is 1.87. The number of rotatable bonds is 11. The summed E-state index contributed by atoms with van der Waals surface area (Å²) in [5.74, 6) is 1.52. The predicted octanol–water partition coefficient (Wildman–Crippen LogP) is 3.15. The van der Waals surface area contributed by atoms with Crippen molar-refractivity contribution in [1.82, 2.24) is 20.4 Å². The second kappa shape index (κ2) is 12.2. The summed E-state index contributed by atoms with van der Waals surface area (Å²) >= 11 is 0. The van der Waals surface area contributed by atoms with Gasteiger partial charge in [0.15, 0.2) is 5.96 Å². The zero-order valence-electron chi connectivity index (χ0n) is 17.7. The second-order valence-electron chi connectivity index (χ2n) is 7.63. The van der Waals surface area contributed by atoms with Crippen LogP contribution in [0.15, 0.2) is 41.5 Å². The smallest absolute Gasteiger partial charge is 0.191 e. The highest BCUT2D eigenvalue weighted by molar-refractivity contribution is 5.79. The van der Waals surface area contributed by atoms with Gasteiger partial charge in [0.25, 0.3) is 0 Å². The summed E-state index contributed by atoms with van der Waals surface area (Å²) < 4.78 is 14.8. The second-order valence-corrected chi connectivity index (χ2v) is 7.63. The predicted molar refractivity (Wildman–Crippen MR) is 116 cm³/mol. The quantitative estimate of drug-likeness (QED) is 0.398. The highest BCUT2D eigenvalue weighted by atomic mass is 19.1. The van der Waals surface area contributed by atoms with E-state index in [1.807, 2.05) is 19.2 Å². The van der Waals surface area contributed by atoms with Crippen LogP contribution in [-0.2, 0) is 6.42 Å². The fourth-order valence-electron chi connectivity index (χ4n) is 3.24. The summed E-state index contributed by atoms with van der Waals surface area (Å²) in [7, 11) is 0. The first kappa shape index (κ1) is 22.9. The molecule has 1 aromatic carbocycles. The zero-order chi connectivity index (χ0) is 21.1. The molecule has 0 spiro atoms. The van der Waals surface area contributed by atoms with E-state index >= 15 is 0 Å². The molecule has 1 heterocycles. The lowest BCUT2D eigenvalue weighted by atomic mass is 9.94. The van der Waals surface area contributed by atoms with E-state index in [1.54, 1.807) is 16.8 Å². The van der Waals surface area contributed by atoms with Gasteiger partial charge in [-0.25, -0.2) is 9.07 Å². The van der Waals surface area contributed by atoms with Gasteiger partial charge in [-0.05, 0) is 61.9 Å². The monoisotopic (exact) mass is 403 g/mol. The van der Waals surface area contributed by atoms with Gasteiger partial charge in [0.05, 0.1) is 11.4 Å². The maximum Gasteiger partial charge on any atom is 0.191 e. The first-order chi connectivity index (χ1) is 14.0. The number of aliphatic hydroxyl groups is 1. The minimum atomic E-state index is -0.254. The van der Waals surface area contributed by atoms with Crippen LogP contribution in [0.3, 0.4) is 0 Å². The molecule has 160 valence electrons. The number of nitrogens with one attached hydrogen (secondary N) is 2. The molecule has 29 heavy (non-hydrogen) atoms. The Morgan fingerprint density at radius 2 is 1.97 bits per heavy atom. The van der Waals surface area contributed by atoms with Crippen LogP contribution in [0.1, 0.15) is 39.3 Å². The molecule has 0 aliphatic heterocycles. The van der Waals surface area contributed by atoms with Crippen LogP contribution in [0, 0.1) is 17.7 Å². The molecule has 0 saturated carbocycles. The molecule has 6 nitrogen and oxygen atoms in total. The lowest BCUT2D eigenvalue weighted by Crippen LogP contribution is -2.38. The van der Waals surface area contributed by atoms with Gasteiger partial charge in [-0.1, -0.05) is 13.8 Å². The average molecular weight is 404 g/mol. The van der Waals surface area contributed by atoms with E-state index in [9.17, 15) is 9.50 Å². The minimum absolute atomic E-state index is 0.202. The Bertz CT molecular complexity index is 742. The van der Waals surface area contributed by atoms with Crippen LogP contribution < -0.4 is 10.6 Å². The molecule has 2 aromatic rings. The summed E-state index contributed by atoms with van der Waals surface area (Å²) in [6.45, 7) is 8.84. The summed E-state index contributed by atoms with van der Waals surface area (Å²) in [4.78, 5) is 4.70. The normalized spacial score (nSPS) is 13.0. The van der Waals surface area contributed by atoms with E-state index in [4.69, 9.17) is 4.99 Å². The van der Waals surface area contributed by atoms with Gasteiger partial charge in [-0.15, -0.1) is 0 Å². The van der Waals surface area contributed by atoms with Crippen LogP contribution in [-0.4, -0.2) is 47.1 Å². The number of aliphatic imine (C=N–C) groups is 1. The van der Waals surface area contributed by atoms with Crippen molar-refractivity contribution in [3.05, 3.63) is 48.0 Å². The van der Waals surface area contributed by atoms with E-state index in [0.717, 1.165) is 43.1 Å². The van der Waals surface area contributed by atoms with Crippen LogP contribution in [0.4, 0.5) is 4.39 Å². The third-order valence-corrected chi connectivity index (χ3v) is 4.60. The molecule has 0 radical (unpaired) electrons. The van der Waals surface area contributed by atoms with Gasteiger partial charge in [-0.2, -0.15) is 5.10 Å². The van der Waals surface area contributed by atoms with Gasteiger partial charge in [-0.3, -0.25) is 4.99 Å². The molecule has 3 N–H and O–H groups in total. The molecule has 0 amide bonds. The topological polar surface area (TPSA) is 74.5 Å². The number of aromatic nitrogens is 2. The van der Waals surface area contributed by atoms with Gasteiger partial charge < -0.3 is 15.7 Å². The average Bonchev–Trinajstić information content (AvgIpc) is 3.15. The third-order valence-electron chi connectivity index (χ3n) is 4.60. The van der Waals surface area contributed by atoms with E-state index in [2.05, 4.69) is 29.6 Å². The van der Waals surface area contributed by atoms with Gasteiger partial charge in [0.1, 0.15) is 5.82 Å². The highest BCUT2D eigenvalue weighted by Crippen LogP contribution is 2.15. The number of benzene rings is 1. The molecule has 1 unspecified atom stereocenters. The Kier molecular flexibility index (Phi) is 9.64. The van der Waals surface area contributed by atoms with Gasteiger partial charge in [0, 0.05) is 38.9 Å². The van der Waals surface area contributed by atoms with Crippen molar-refractivity contribution >= 4 is 5.96 Å². The van der Waals surface area contributed by atoms with E-state index in [-0.39, 0.29) is 12.4 Å². The Labute approximate surface area is 173 Å². The van der Waals surface area contributed by atoms with Crippen molar-refractivity contribution in [3.63, 3.8) is 0 Å². The molecular weight excluding hydrogens is 369 g/mol. The van der Waals surface area contributed by atoms with Gasteiger partial charge in [0.2, 0.25) is 0 Å². The number of halogens is 1. The molecule has 2 rings (SSSR count). The fraction of sp³-hybridized carbons (Fsp3) is 0.545. The zero-order valence-corrected chi connectivity index (χ0v) is 17.7. The SMILES string of the molecule is CCNC(=NCC(CCO)CC(C)C)NCCc1ccn(-c2ccc(F)cc2)n1. The molecule has 0 saturated heterocycles. The van der Waals surface area contributed by atoms with E-state index in [0.29, 0.717) is 24.9 Å². The first-order valence-electron chi connectivity index (χ1n) is 10.4. The molecular formula is C22H34FN5O. The Morgan fingerprint density at radius 3 is 2.62 bits per heavy atom. The highest BCUT2D eigenvalue weighted by Gasteiger charge is 2.11. The standard InChI is InChI=1S/C22H34FN5O/c1-4-24-22(26-16-18(11-14-29)15-17(2)3)25-12-9-20-10-13-28(27-20)21-7-5-19(23)6-8-21/h5-8,10,13,17-18,29H,4,9,11-12,14-16H2,1-3H3,(H2,24,25,26). The molecule has 7 heteroatoms. The maximum absolute atomic E-state index is 13.1. The Morgan fingerprint density at radius 1 is 1.21 bits per heavy atom. The van der Waals surface area contributed by atoms with Crippen molar-refractivity contribution in [2.45, 2.75) is 40.0 Å². The van der Waals surface area contributed by atoms with Crippen molar-refractivity contribution in [2.75, 3.05) is 26.2 Å². The van der Waals surface area contributed by atoms with Crippen LogP contribution in [0.5, 0.6) is 0 Å². The molecule has 0 fully saturated rings. The molecule has 0 aliphatic carbocycles. The molecule has 0 bridgehead atoms. The largest absolute Gasteiger partial charge is 0.396 e. The maximum atomic E-state index is 13.1.